The maximum absolute atomic E-state index is 6.08. The second kappa shape index (κ2) is 7.63. The molecule has 19 heavy (non-hydrogen) atoms. The number of likely N-dealkylation sites (tertiary alicyclic amines) is 1. The van der Waals surface area contributed by atoms with Gasteiger partial charge in [0.25, 0.3) is 0 Å². The average Bonchev–Trinajstić information content (AvgIpc) is 2.85. The molecule has 2 atom stereocenters. The summed E-state index contributed by atoms with van der Waals surface area (Å²) in [5.41, 5.74) is 6.92. The van der Waals surface area contributed by atoms with E-state index in [0.29, 0.717) is 12.2 Å². The van der Waals surface area contributed by atoms with Gasteiger partial charge in [0.05, 0.1) is 12.2 Å². The lowest BCUT2D eigenvalue weighted by molar-refractivity contribution is -0.00104. The van der Waals surface area contributed by atoms with E-state index in [2.05, 4.69) is 42.2 Å². The van der Waals surface area contributed by atoms with Crippen LogP contribution in [-0.2, 0) is 11.3 Å². The molecule has 1 aromatic rings. The molecule has 1 saturated heterocycles. The quantitative estimate of drug-likeness (QED) is 0.820. The smallest absolute Gasteiger partial charge is 0.0717 e. The summed E-state index contributed by atoms with van der Waals surface area (Å²) in [6.45, 7) is 6.16. The van der Waals surface area contributed by atoms with Crippen molar-refractivity contribution in [1.82, 2.24) is 4.90 Å². The minimum Gasteiger partial charge on any atom is -0.374 e. The lowest BCUT2D eigenvalue weighted by Crippen LogP contribution is -2.25. The molecule has 0 aliphatic carbocycles. The first-order valence-corrected chi connectivity index (χ1v) is 7.39. The zero-order valence-corrected chi connectivity index (χ0v) is 11.9. The molecule has 2 N–H and O–H groups in total. The number of hydrogen-bond acceptors (Lipinski definition) is 3. The Balaban J connectivity index is 1.71. The fraction of sp³-hybridized carbons (Fsp3) is 0.625. The Morgan fingerprint density at radius 2 is 2.16 bits per heavy atom. The topological polar surface area (TPSA) is 38.5 Å². The van der Waals surface area contributed by atoms with Gasteiger partial charge in [0, 0.05) is 19.6 Å². The molecular formula is C16H26N2O. The summed E-state index contributed by atoms with van der Waals surface area (Å²) >= 11 is 0. The SMILES string of the molecule is CC(CCCN)OC1CCN(Cc2ccccc2)C1. The Hall–Kier alpha value is -0.900. The van der Waals surface area contributed by atoms with Gasteiger partial charge in [-0.3, -0.25) is 4.90 Å². The highest BCUT2D eigenvalue weighted by molar-refractivity contribution is 5.14. The fourth-order valence-electron chi connectivity index (χ4n) is 2.70. The van der Waals surface area contributed by atoms with Crippen molar-refractivity contribution in [3.05, 3.63) is 35.9 Å². The van der Waals surface area contributed by atoms with Crippen LogP contribution in [0.2, 0.25) is 0 Å². The van der Waals surface area contributed by atoms with Crippen molar-refractivity contribution in [1.29, 1.82) is 0 Å². The minimum atomic E-state index is 0.338. The van der Waals surface area contributed by atoms with E-state index in [1.54, 1.807) is 0 Å². The lowest BCUT2D eigenvalue weighted by Gasteiger charge is -2.19. The van der Waals surface area contributed by atoms with Crippen LogP contribution in [0.3, 0.4) is 0 Å². The first kappa shape index (κ1) is 14.5. The third kappa shape index (κ3) is 4.94. The minimum absolute atomic E-state index is 0.338. The van der Waals surface area contributed by atoms with E-state index in [9.17, 15) is 0 Å². The summed E-state index contributed by atoms with van der Waals surface area (Å²) in [6, 6.07) is 10.7. The van der Waals surface area contributed by atoms with Gasteiger partial charge >= 0.3 is 0 Å². The fourth-order valence-corrected chi connectivity index (χ4v) is 2.70. The molecule has 0 saturated carbocycles. The van der Waals surface area contributed by atoms with Crippen LogP contribution in [0.1, 0.15) is 31.7 Å². The van der Waals surface area contributed by atoms with Gasteiger partial charge in [0.2, 0.25) is 0 Å². The van der Waals surface area contributed by atoms with Crippen molar-refractivity contribution in [2.75, 3.05) is 19.6 Å². The van der Waals surface area contributed by atoms with Gasteiger partial charge in [0.15, 0.2) is 0 Å². The van der Waals surface area contributed by atoms with Crippen LogP contribution < -0.4 is 5.73 Å². The molecule has 1 aliphatic heterocycles. The molecule has 0 bridgehead atoms. The highest BCUT2D eigenvalue weighted by Gasteiger charge is 2.24. The van der Waals surface area contributed by atoms with Crippen molar-refractivity contribution < 1.29 is 4.74 Å². The highest BCUT2D eigenvalue weighted by Crippen LogP contribution is 2.18. The molecular weight excluding hydrogens is 236 g/mol. The number of rotatable bonds is 7. The van der Waals surface area contributed by atoms with Crippen molar-refractivity contribution in [3.63, 3.8) is 0 Å². The van der Waals surface area contributed by atoms with E-state index in [1.807, 2.05) is 0 Å². The third-order valence-corrected chi connectivity index (χ3v) is 3.72. The third-order valence-electron chi connectivity index (χ3n) is 3.72. The monoisotopic (exact) mass is 262 g/mol. The van der Waals surface area contributed by atoms with E-state index in [1.165, 1.54) is 5.56 Å². The first-order chi connectivity index (χ1) is 9.28. The van der Waals surface area contributed by atoms with Gasteiger partial charge in [0.1, 0.15) is 0 Å². The van der Waals surface area contributed by atoms with E-state index < -0.39 is 0 Å². The Morgan fingerprint density at radius 3 is 2.89 bits per heavy atom. The summed E-state index contributed by atoms with van der Waals surface area (Å²) in [5.74, 6) is 0. The van der Waals surface area contributed by atoms with Crippen molar-refractivity contribution in [3.8, 4) is 0 Å². The van der Waals surface area contributed by atoms with E-state index in [4.69, 9.17) is 10.5 Å². The lowest BCUT2D eigenvalue weighted by atomic mass is 10.2. The Kier molecular flexibility index (Phi) is 5.83. The van der Waals surface area contributed by atoms with Crippen LogP contribution in [0.4, 0.5) is 0 Å². The van der Waals surface area contributed by atoms with Gasteiger partial charge in [-0.1, -0.05) is 30.3 Å². The number of hydrogen-bond donors (Lipinski definition) is 1. The van der Waals surface area contributed by atoms with E-state index in [-0.39, 0.29) is 0 Å². The molecule has 0 aromatic heterocycles. The standard InChI is InChI=1S/C16H26N2O/c1-14(6-5-10-17)19-16-9-11-18(13-16)12-15-7-3-2-4-8-15/h2-4,7-8,14,16H,5-6,9-13,17H2,1H3. The largest absolute Gasteiger partial charge is 0.374 e. The van der Waals surface area contributed by atoms with Gasteiger partial charge in [-0.15, -0.1) is 0 Å². The summed E-state index contributed by atoms with van der Waals surface area (Å²) < 4.78 is 6.08. The maximum Gasteiger partial charge on any atom is 0.0717 e. The molecule has 0 radical (unpaired) electrons. The summed E-state index contributed by atoms with van der Waals surface area (Å²) in [4.78, 5) is 2.48. The second-order valence-corrected chi connectivity index (χ2v) is 5.51. The van der Waals surface area contributed by atoms with E-state index >= 15 is 0 Å². The van der Waals surface area contributed by atoms with Gasteiger partial charge in [-0.05, 0) is 38.3 Å². The Labute approximate surface area is 116 Å². The molecule has 106 valence electrons. The molecule has 2 rings (SSSR count). The van der Waals surface area contributed by atoms with Gasteiger partial charge in [-0.25, -0.2) is 0 Å². The van der Waals surface area contributed by atoms with Crippen LogP contribution in [0.25, 0.3) is 0 Å². The van der Waals surface area contributed by atoms with Crippen molar-refractivity contribution in [2.45, 2.75) is 44.9 Å². The molecule has 3 nitrogen and oxygen atoms in total. The summed E-state index contributed by atoms with van der Waals surface area (Å²) in [7, 11) is 0. The number of ether oxygens (including phenoxy) is 1. The van der Waals surface area contributed by atoms with Crippen molar-refractivity contribution >= 4 is 0 Å². The van der Waals surface area contributed by atoms with Crippen LogP contribution in [0.15, 0.2) is 30.3 Å². The number of nitrogens with zero attached hydrogens (tertiary/aromatic N) is 1. The van der Waals surface area contributed by atoms with Crippen LogP contribution in [0, 0.1) is 0 Å². The Morgan fingerprint density at radius 1 is 1.37 bits per heavy atom. The second-order valence-electron chi connectivity index (χ2n) is 5.51. The first-order valence-electron chi connectivity index (χ1n) is 7.39. The molecule has 1 aromatic carbocycles. The average molecular weight is 262 g/mol. The molecule has 3 heteroatoms. The van der Waals surface area contributed by atoms with Gasteiger partial charge < -0.3 is 10.5 Å². The summed E-state index contributed by atoms with van der Waals surface area (Å²) in [6.07, 6.45) is 4.02. The zero-order chi connectivity index (χ0) is 13.5. The highest BCUT2D eigenvalue weighted by atomic mass is 16.5. The normalized spacial score (nSPS) is 21.7. The van der Waals surface area contributed by atoms with Gasteiger partial charge in [-0.2, -0.15) is 0 Å². The number of nitrogens with two attached hydrogens (primary N) is 1. The van der Waals surface area contributed by atoms with Crippen LogP contribution in [-0.4, -0.2) is 36.7 Å². The predicted octanol–water partition coefficient (Wildman–Crippen LogP) is 2.40. The Bertz CT molecular complexity index is 355. The molecule has 1 aliphatic rings. The van der Waals surface area contributed by atoms with Crippen LogP contribution in [0.5, 0.6) is 0 Å². The number of benzene rings is 1. The molecule has 0 spiro atoms. The zero-order valence-electron chi connectivity index (χ0n) is 11.9. The molecule has 1 heterocycles. The van der Waals surface area contributed by atoms with Crippen LogP contribution >= 0.6 is 0 Å². The van der Waals surface area contributed by atoms with E-state index in [0.717, 1.165) is 45.4 Å². The molecule has 1 fully saturated rings. The summed E-state index contributed by atoms with van der Waals surface area (Å²) in [5, 5.41) is 0. The molecule has 0 amide bonds. The predicted molar refractivity (Wildman–Crippen MR) is 79.0 cm³/mol. The molecule has 2 unspecified atom stereocenters. The van der Waals surface area contributed by atoms with Crippen molar-refractivity contribution in [2.24, 2.45) is 5.73 Å². The maximum atomic E-state index is 6.08.